The molecule has 4 aromatic carbocycles. The van der Waals surface area contributed by atoms with Crippen molar-refractivity contribution in [3.05, 3.63) is 139 Å². The number of para-hydroxylation sites is 3. The molecule has 1 atom stereocenters. The number of hydrogen-bond donors (Lipinski definition) is 1. The van der Waals surface area contributed by atoms with Crippen molar-refractivity contribution in [2.45, 2.75) is 11.0 Å². The number of nitrogens with zero attached hydrogens (tertiary/aromatic N) is 1. The highest BCUT2D eigenvalue weighted by Gasteiger charge is 2.30. The van der Waals surface area contributed by atoms with Crippen molar-refractivity contribution in [2.24, 2.45) is 0 Å². The number of rotatable bonds is 11. The van der Waals surface area contributed by atoms with Gasteiger partial charge in [-0.15, -0.1) is 6.58 Å². The number of anilines is 1. The van der Waals surface area contributed by atoms with E-state index in [4.69, 9.17) is 9.47 Å². The van der Waals surface area contributed by atoms with Gasteiger partial charge in [-0.05, 0) is 36.4 Å². The van der Waals surface area contributed by atoms with Crippen molar-refractivity contribution in [3.8, 4) is 5.75 Å². The molecule has 0 unspecified atom stereocenters. The molecule has 1 N–H and O–H groups in total. The third kappa shape index (κ3) is 5.55. The maximum absolute atomic E-state index is 13.8. The number of aromatic nitrogens is 1. The zero-order chi connectivity index (χ0) is 29.7. The van der Waals surface area contributed by atoms with E-state index < -0.39 is 27.9 Å². The van der Waals surface area contributed by atoms with E-state index in [1.54, 1.807) is 60.8 Å². The average Bonchev–Trinajstić information content (AvgIpc) is 3.47. The maximum Gasteiger partial charge on any atom is 0.339 e. The first-order valence-electron chi connectivity index (χ1n) is 13.1. The van der Waals surface area contributed by atoms with Crippen LogP contribution in [0.25, 0.3) is 10.9 Å². The number of sulfonamides is 1. The molecule has 0 bridgehead atoms. The highest BCUT2D eigenvalue weighted by Crippen LogP contribution is 2.33. The van der Waals surface area contributed by atoms with Gasteiger partial charge in [0.25, 0.3) is 10.0 Å². The summed E-state index contributed by atoms with van der Waals surface area (Å²) in [6, 6.07) is 28.3. The maximum atomic E-state index is 13.8. The lowest BCUT2D eigenvalue weighted by Gasteiger charge is -2.25. The molecule has 212 valence electrons. The second-order valence-electron chi connectivity index (χ2n) is 9.33. The molecule has 0 radical (unpaired) electrons. The van der Waals surface area contributed by atoms with Crippen molar-refractivity contribution in [1.82, 2.24) is 4.98 Å². The summed E-state index contributed by atoms with van der Waals surface area (Å²) in [5.41, 5.74) is 1.93. The van der Waals surface area contributed by atoms with Crippen LogP contribution in [0.3, 0.4) is 0 Å². The van der Waals surface area contributed by atoms with Crippen LogP contribution in [0, 0.1) is 0 Å². The van der Waals surface area contributed by atoms with E-state index in [0.29, 0.717) is 28.0 Å². The van der Waals surface area contributed by atoms with E-state index in [1.165, 1.54) is 37.5 Å². The number of hydrogen-bond acceptors (Lipinski definition) is 6. The zero-order valence-electron chi connectivity index (χ0n) is 22.8. The number of methoxy groups -OCH3 is 1. The normalized spacial score (nSPS) is 11.9. The quantitative estimate of drug-likeness (QED) is 0.111. The first-order valence-corrected chi connectivity index (χ1v) is 14.5. The molecular weight excluding hydrogens is 552 g/mol. The van der Waals surface area contributed by atoms with Crippen LogP contribution in [0.1, 0.15) is 32.4 Å². The topological polar surface area (TPSA) is 106 Å². The summed E-state index contributed by atoms with van der Waals surface area (Å²) in [5, 5.41) is 0.700. The third-order valence-corrected chi connectivity index (χ3v) is 8.50. The van der Waals surface area contributed by atoms with Crippen molar-refractivity contribution in [2.75, 3.05) is 18.0 Å². The van der Waals surface area contributed by atoms with Gasteiger partial charge in [0.05, 0.1) is 29.8 Å². The Morgan fingerprint density at radius 3 is 2.40 bits per heavy atom. The molecule has 1 aromatic heterocycles. The molecule has 42 heavy (non-hydrogen) atoms. The van der Waals surface area contributed by atoms with Gasteiger partial charge >= 0.3 is 5.97 Å². The predicted octanol–water partition coefficient (Wildman–Crippen LogP) is 6.34. The largest absolute Gasteiger partial charge is 0.495 e. The first-order chi connectivity index (χ1) is 20.3. The second kappa shape index (κ2) is 12.2. The molecule has 5 aromatic rings. The van der Waals surface area contributed by atoms with Crippen LogP contribution < -0.4 is 9.04 Å². The Bertz CT molecular complexity index is 1860. The van der Waals surface area contributed by atoms with Gasteiger partial charge in [0, 0.05) is 28.2 Å². The lowest BCUT2D eigenvalue weighted by Crippen LogP contribution is -2.31. The number of Topliss-reactive ketones (excluding diaryl/α,β-unsaturated/α-hetero) is 1. The Labute approximate surface area is 243 Å². The van der Waals surface area contributed by atoms with Crippen LogP contribution in [-0.2, 0) is 14.8 Å². The van der Waals surface area contributed by atoms with E-state index >= 15 is 0 Å². The number of carbonyl (C=O) groups excluding carboxylic acids is 2. The summed E-state index contributed by atoms with van der Waals surface area (Å²) in [5.74, 6) is -0.897. The summed E-state index contributed by atoms with van der Waals surface area (Å²) in [6.45, 7) is 3.66. The second-order valence-corrected chi connectivity index (χ2v) is 11.2. The van der Waals surface area contributed by atoms with Crippen LogP contribution in [0.15, 0.2) is 127 Å². The summed E-state index contributed by atoms with van der Waals surface area (Å²) < 4.78 is 40.0. The fraction of sp³-hybridized carbons (Fsp3) is 0.0909. The van der Waals surface area contributed by atoms with Gasteiger partial charge in [-0.1, -0.05) is 72.8 Å². The molecule has 0 aliphatic carbocycles. The number of aromatic amines is 1. The van der Waals surface area contributed by atoms with E-state index in [2.05, 4.69) is 11.6 Å². The molecular formula is C33H28N2O6S. The van der Waals surface area contributed by atoms with Crippen molar-refractivity contribution in [3.63, 3.8) is 0 Å². The molecule has 0 amide bonds. The average molecular weight is 581 g/mol. The van der Waals surface area contributed by atoms with E-state index in [9.17, 15) is 18.0 Å². The number of nitrogens with one attached hydrogen (secondary N) is 1. The van der Waals surface area contributed by atoms with Gasteiger partial charge in [-0.25, -0.2) is 13.2 Å². The number of ketones is 1. The van der Waals surface area contributed by atoms with Gasteiger partial charge in [-0.3, -0.25) is 9.10 Å². The van der Waals surface area contributed by atoms with Crippen LogP contribution >= 0.6 is 0 Å². The first kappa shape index (κ1) is 28.4. The Morgan fingerprint density at radius 2 is 1.64 bits per heavy atom. The van der Waals surface area contributed by atoms with Gasteiger partial charge in [0.1, 0.15) is 5.75 Å². The van der Waals surface area contributed by atoms with E-state index in [-0.39, 0.29) is 17.0 Å². The molecule has 1 heterocycles. The lowest BCUT2D eigenvalue weighted by molar-refractivity contribution is 0.0280. The fourth-order valence-electron chi connectivity index (χ4n) is 4.68. The van der Waals surface area contributed by atoms with Crippen LogP contribution in [0.4, 0.5) is 5.69 Å². The number of benzene rings is 4. The summed E-state index contributed by atoms with van der Waals surface area (Å²) in [7, 11) is -2.71. The molecule has 5 rings (SSSR count). The number of esters is 1. The molecule has 8 nitrogen and oxygen atoms in total. The zero-order valence-corrected chi connectivity index (χ0v) is 23.6. The van der Waals surface area contributed by atoms with Crippen LogP contribution in [0.5, 0.6) is 5.75 Å². The molecule has 0 fully saturated rings. The summed E-state index contributed by atoms with van der Waals surface area (Å²) in [4.78, 5) is 30.2. The minimum atomic E-state index is -4.16. The minimum absolute atomic E-state index is 0.0256. The number of carbonyl (C=O) groups is 2. The van der Waals surface area contributed by atoms with Gasteiger partial charge < -0.3 is 14.5 Å². The van der Waals surface area contributed by atoms with E-state index in [1.807, 2.05) is 24.3 Å². The highest BCUT2D eigenvalue weighted by molar-refractivity contribution is 7.92. The Morgan fingerprint density at radius 1 is 0.929 bits per heavy atom. The lowest BCUT2D eigenvalue weighted by atomic mass is 9.99. The molecule has 0 saturated carbocycles. The summed E-state index contributed by atoms with van der Waals surface area (Å²) >= 11 is 0. The van der Waals surface area contributed by atoms with E-state index in [0.717, 1.165) is 9.82 Å². The van der Waals surface area contributed by atoms with Crippen molar-refractivity contribution in [1.29, 1.82) is 0 Å². The molecule has 0 spiro atoms. The van der Waals surface area contributed by atoms with Crippen molar-refractivity contribution >= 4 is 38.4 Å². The Balaban J connectivity index is 1.49. The number of ether oxygens (including phenoxy) is 2. The summed E-state index contributed by atoms with van der Waals surface area (Å²) in [6.07, 6.45) is 1.79. The van der Waals surface area contributed by atoms with Gasteiger partial charge in [-0.2, -0.15) is 0 Å². The SMILES string of the molecule is C=CCN(c1ccccc1OC)S(=O)(=O)c1cccc(C(=O)O[C@H](C(=O)c2c[nH]c3ccccc23)c2ccccc2)c1. The Kier molecular flexibility index (Phi) is 8.21. The minimum Gasteiger partial charge on any atom is -0.495 e. The van der Waals surface area contributed by atoms with Crippen LogP contribution in [-0.4, -0.2) is 38.8 Å². The molecule has 0 aliphatic heterocycles. The molecule has 9 heteroatoms. The molecule has 0 saturated heterocycles. The van der Waals surface area contributed by atoms with Gasteiger partial charge in [0.2, 0.25) is 5.78 Å². The smallest absolute Gasteiger partial charge is 0.339 e. The predicted molar refractivity (Wildman–Crippen MR) is 161 cm³/mol. The Hall–Kier alpha value is -5.15. The highest BCUT2D eigenvalue weighted by atomic mass is 32.2. The van der Waals surface area contributed by atoms with Crippen molar-refractivity contribution < 1.29 is 27.5 Å². The third-order valence-electron chi connectivity index (χ3n) is 6.73. The standard InChI is InChI=1S/C33H28N2O6S/c1-3-20-35(29-18-9-10-19-30(29)40-2)42(38,39)25-15-11-14-24(21-25)33(37)41-32(23-12-5-4-6-13-23)31(36)27-22-34-28-17-8-7-16-26(27)28/h3-19,21-22,32,34H,1,20H2,2H3/t32-/m0/s1. The number of H-pyrrole nitrogens is 1. The monoisotopic (exact) mass is 580 g/mol. The van der Waals surface area contributed by atoms with Crippen LogP contribution in [0.2, 0.25) is 0 Å². The molecule has 0 aliphatic rings. The number of fused-ring (bicyclic) bond motifs is 1. The van der Waals surface area contributed by atoms with Gasteiger partial charge in [0.15, 0.2) is 6.10 Å². The fourth-order valence-corrected chi connectivity index (χ4v) is 6.17.